The third-order valence-electron chi connectivity index (χ3n) is 3.72. The van der Waals surface area contributed by atoms with Gasteiger partial charge in [0.1, 0.15) is 0 Å². The van der Waals surface area contributed by atoms with E-state index in [9.17, 15) is 9.59 Å². The van der Waals surface area contributed by atoms with Gasteiger partial charge in [0.25, 0.3) is 5.91 Å². The summed E-state index contributed by atoms with van der Waals surface area (Å²) in [4.78, 5) is 23.9. The second-order valence-corrected chi connectivity index (χ2v) is 6.52. The van der Waals surface area contributed by atoms with Crippen molar-refractivity contribution >= 4 is 35.0 Å². The van der Waals surface area contributed by atoms with Crippen molar-refractivity contribution in [3.8, 4) is 0 Å². The third kappa shape index (κ3) is 6.07. The Balaban J connectivity index is 1.71. The van der Waals surface area contributed by atoms with Crippen molar-refractivity contribution in [3.63, 3.8) is 0 Å². The maximum absolute atomic E-state index is 12.0. The first-order chi connectivity index (χ1) is 12.0. The van der Waals surface area contributed by atoms with Gasteiger partial charge in [0.15, 0.2) is 0 Å². The highest BCUT2D eigenvalue weighted by Crippen LogP contribution is 2.22. The molecule has 1 unspecified atom stereocenters. The molecule has 0 aliphatic heterocycles. The quantitative estimate of drug-likeness (QED) is 0.702. The fourth-order valence-electron chi connectivity index (χ4n) is 2.37. The Kier molecular flexibility index (Phi) is 7.29. The van der Waals surface area contributed by atoms with Crippen LogP contribution >= 0.6 is 23.2 Å². The lowest BCUT2D eigenvalue weighted by Crippen LogP contribution is -2.29. The van der Waals surface area contributed by atoms with Gasteiger partial charge in [0, 0.05) is 28.6 Å². The number of nitrogens with one attached hydrogen (secondary N) is 2. The molecular weight excluding hydrogens is 359 g/mol. The van der Waals surface area contributed by atoms with E-state index in [0.29, 0.717) is 35.0 Å². The zero-order valence-electron chi connectivity index (χ0n) is 13.9. The second kappa shape index (κ2) is 9.44. The molecule has 0 aliphatic carbocycles. The van der Waals surface area contributed by atoms with Crippen molar-refractivity contribution in [2.45, 2.75) is 25.8 Å². The molecule has 2 amide bonds. The fourth-order valence-corrected chi connectivity index (χ4v) is 2.80. The summed E-state index contributed by atoms with van der Waals surface area (Å²) in [5.74, 6) is -0.255. The molecule has 1 atom stereocenters. The van der Waals surface area contributed by atoms with Gasteiger partial charge in [-0.1, -0.05) is 41.4 Å². The minimum Gasteiger partial charge on any atom is -0.352 e. The van der Waals surface area contributed by atoms with Gasteiger partial charge in [-0.15, -0.1) is 0 Å². The Morgan fingerprint density at radius 3 is 2.40 bits per heavy atom. The molecule has 0 saturated carbocycles. The molecule has 2 aromatic carbocycles. The number of rotatable bonds is 7. The van der Waals surface area contributed by atoms with Crippen molar-refractivity contribution in [2.75, 3.05) is 6.54 Å². The van der Waals surface area contributed by atoms with E-state index < -0.39 is 0 Å². The number of carbonyl (C=O) groups is 2. The van der Waals surface area contributed by atoms with Crippen LogP contribution < -0.4 is 10.6 Å². The SMILES string of the molecule is CC(NC(=O)CCCNC(=O)c1ccc(Cl)cc1)c1ccccc1Cl. The molecule has 0 aliphatic rings. The molecule has 0 fully saturated rings. The molecule has 0 heterocycles. The van der Waals surface area contributed by atoms with Crippen LogP contribution in [0.15, 0.2) is 48.5 Å². The Morgan fingerprint density at radius 2 is 1.72 bits per heavy atom. The van der Waals surface area contributed by atoms with Gasteiger partial charge in [-0.2, -0.15) is 0 Å². The molecule has 0 saturated heterocycles. The summed E-state index contributed by atoms with van der Waals surface area (Å²) in [5.41, 5.74) is 1.43. The highest BCUT2D eigenvalue weighted by atomic mass is 35.5. The van der Waals surface area contributed by atoms with E-state index in [1.165, 1.54) is 0 Å². The zero-order chi connectivity index (χ0) is 18.2. The largest absolute Gasteiger partial charge is 0.352 e. The number of carbonyl (C=O) groups excluding carboxylic acids is 2. The van der Waals surface area contributed by atoms with Crippen LogP contribution in [-0.2, 0) is 4.79 Å². The Hall–Kier alpha value is -2.04. The monoisotopic (exact) mass is 378 g/mol. The van der Waals surface area contributed by atoms with Crippen LogP contribution in [-0.4, -0.2) is 18.4 Å². The number of hydrogen-bond donors (Lipinski definition) is 2. The molecular formula is C19H20Cl2N2O2. The average Bonchev–Trinajstić information content (AvgIpc) is 2.59. The van der Waals surface area contributed by atoms with Crippen LogP contribution in [0.2, 0.25) is 10.0 Å². The highest BCUT2D eigenvalue weighted by Gasteiger charge is 2.12. The summed E-state index contributed by atoms with van der Waals surface area (Å²) in [7, 11) is 0. The molecule has 0 bridgehead atoms. The van der Waals surface area contributed by atoms with E-state index in [1.807, 2.05) is 25.1 Å². The predicted octanol–water partition coefficient (Wildman–Crippen LogP) is 4.38. The zero-order valence-corrected chi connectivity index (χ0v) is 15.4. The van der Waals surface area contributed by atoms with Crippen molar-refractivity contribution in [3.05, 3.63) is 69.7 Å². The fraction of sp³-hybridized carbons (Fsp3) is 0.263. The van der Waals surface area contributed by atoms with E-state index >= 15 is 0 Å². The first-order valence-electron chi connectivity index (χ1n) is 8.05. The lowest BCUT2D eigenvalue weighted by Gasteiger charge is -2.15. The minimum absolute atomic E-state index is 0.0758. The van der Waals surface area contributed by atoms with Crippen LogP contribution in [0, 0.1) is 0 Å². The Morgan fingerprint density at radius 1 is 1.04 bits per heavy atom. The standard InChI is InChI=1S/C19H20Cl2N2O2/c1-13(16-5-2-3-6-17(16)21)23-18(24)7-4-12-22-19(25)14-8-10-15(20)11-9-14/h2-3,5-6,8-11,13H,4,7,12H2,1H3,(H,22,25)(H,23,24). The van der Waals surface area contributed by atoms with Crippen molar-refractivity contribution in [1.82, 2.24) is 10.6 Å². The summed E-state index contributed by atoms with van der Waals surface area (Å²) >= 11 is 11.9. The van der Waals surface area contributed by atoms with Crippen LogP contribution in [0.4, 0.5) is 0 Å². The van der Waals surface area contributed by atoms with Crippen molar-refractivity contribution in [2.24, 2.45) is 0 Å². The van der Waals surface area contributed by atoms with E-state index in [1.54, 1.807) is 30.3 Å². The summed E-state index contributed by atoms with van der Waals surface area (Å²) in [6, 6.07) is 13.9. The summed E-state index contributed by atoms with van der Waals surface area (Å²) in [6.07, 6.45) is 0.885. The molecule has 6 heteroatoms. The van der Waals surface area contributed by atoms with Crippen molar-refractivity contribution < 1.29 is 9.59 Å². The number of hydrogen-bond acceptors (Lipinski definition) is 2. The van der Waals surface area contributed by atoms with E-state index in [-0.39, 0.29) is 17.9 Å². The lowest BCUT2D eigenvalue weighted by molar-refractivity contribution is -0.121. The van der Waals surface area contributed by atoms with E-state index in [2.05, 4.69) is 10.6 Å². The molecule has 132 valence electrons. The lowest BCUT2D eigenvalue weighted by atomic mass is 10.1. The van der Waals surface area contributed by atoms with Gasteiger partial charge in [0.2, 0.25) is 5.91 Å². The van der Waals surface area contributed by atoms with Gasteiger partial charge in [0.05, 0.1) is 6.04 Å². The van der Waals surface area contributed by atoms with Gasteiger partial charge in [-0.05, 0) is 49.2 Å². The van der Waals surface area contributed by atoms with E-state index in [4.69, 9.17) is 23.2 Å². The Labute approximate surface area is 157 Å². The topological polar surface area (TPSA) is 58.2 Å². The van der Waals surface area contributed by atoms with Crippen LogP contribution in [0.25, 0.3) is 0 Å². The minimum atomic E-state index is -0.179. The van der Waals surface area contributed by atoms with Crippen LogP contribution in [0.1, 0.15) is 41.7 Å². The molecule has 2 rings (SSSR count). The smallest absolute Gasteiger partial charge is 0.251 e. The third-order valence-corrected chi connectivity index (χ3v) is 4.32. The maximum atomic E-state index is 12.0. The molecule has 4 nitrogen and oxygen atoms in total. The summed E-state index contributed by atoms with van der Waals surface area (Å²) in [6.45, 7) is 2.32. The van der Waals surface area contributed by atoms with Crippen molar-refractivity contribution in [1.29, 1.82) is 0 Å². The first kappa shape index (κ1) is 19.3. The van der Waals surface area contributed by atoms with Gasteiger partial charge in [-0.3, -0.25) is 9.59 Å². The predicted molar refractivity (Wildman–Crippen MR) is 101 cm³/mol. The highest BCUT2D eigenvalue weighted by molar-refractivity contribution is 6.31. The van der Waals surface area contributed by atoms with Gasteiger partial charge in [-0.25, -0.2) is 0 Å². The molecule has 0 aromatic heterocycles. The summed E-state index contributed by atoms with van der Waals surface area (Å²) in [5, 5.41) is 6.91. The van der Waals surface area contributed by atoms with Gasteiger partial charge < -0.3 is 10.6 Å². The molecule has 2 N–H and O–H groups in total. The molecule has 25 heavy (non-hydrogen) atoms. The molecule has 0 radical (unpaired) electrons. The maximum Gasteiger partial charge on any atom is 0.251 e. The number of halogens is 2. The number of amides is 2. The summed E-state index contributed by atoms with van der Waals surface area (Å²) < 4.78 is 0. The van der Waals surface area contributed by atoms with E-state index in [0.717, 1.165) is 5.56 Å². The first-order valence-corrected chi connectivity index (χ1v) is 8.80. The normalized spacial score (nSPS) is 11.6. The molecule has 0 spiro atoms. The van der Waals surface area contributed by atoms with Crippen LogP contribution in [0.3, 0.4) is 0 Å². The van der Waals surface area contributed by atoms with Crippen LogP contribution in [0.5, 0.6) is 0 Å². The molecule has 2 aromatic rings. The Bertz CT molecular complexity index is 732. The number of benzene rings is 2. The second-order valence-electron chi connectivity index (χ2n) is 5.68. The van der Waals surface area contributed by atoms with Gasteiger partial charge >= 0.3 is 0 Å². The average molecular weight is 379 g/mol.